The van der Waals surface area contributed by atoms with Gasteiger partial charge >= 0.3 is 0 Å². The van der Waals surface area contributed by atoms with E-state index in [0.29, 0.717) is 41.7 Å². The number of aromatic hydroxyl groups is 1. The van der Waals surface area contributed by atoms with Crippen LogP contribution in [0.5, 0.6) is 5.75 Å². The third-order valence-corrected chi connectivity index (χ3v) is 5.74. The van der Waals surface area contributed by atoms with Crippen molar-refractivity contribution in [3.63, 3.8) is 0 Å². The van der Waals surface area contributed by atoms with Gasteiger partial charge in [-0.1, -0.05) is 11.6 Å². The van der Waals surface area contributed by atoms with E-state index in [1.165, 1.54) is 12.1 Å². The summed E-state index contributed by atoms with van der Waals surface area (Å²) in [5.41, 5.74) is 0.150. The lowest BCUT2D eigenvalue weighted by atomic mass is 9.90. The maximum atomic E-state index is 12.4. The van der Waals surface area contributed by atoms with E-state index in [1.54, 1.807) is 6.07 Å². The first-order valence-electron chi connectivity index (χ1n) is 9.95. The highest BCUT2D eigenvalue weighted by atomic mass is 35.5. The molecular formula is C21H30ClN3O3. The Morgan fingerprint density at radius 1 is 1.18 bits per heavy atom. The van der Waals surface area contributed by atoms with Crippen molar-refractivity contribution in [1.82, 2.24) is 15.5 Å². The Kier molecular flexibility index (Phi) is 6.20. The predicted octanol–water partition coefficient (Wildman–Crippen LogP) is 2.93. The van der Waals surface area contributed by atoms with Crippen LogP contribution in [0.3, 0.4) is 0 Å². The van der Waals surface area contributed by atoms with E-state index in [9.17, 15) is 14.7 Å². The zero-order valence-electron chi connectivity index (χ0n) is 16.8. The number of amides is 2. The van der Waals surface area contributed by atoms with Gasteiger partial charge in [-0.2, -0.15) is 0 Å². The Balaban J connectivity index is 1.51. The third-order valence-electron chi connectivity index (χ3n) is 5.52. The van der Waals surface area contributed by atoms with Crippen molar-refractivity contribution < 1.29 is 14.7 Å². The molecule has 3 atom stereocenters. The number of carbonyl (C=O) groups excluding carboxylic acids is 2. The average molecular weight is 408 g/mol. The summed E-state index contributed by atoms with van der Waals surface area (Å²) in [5.74, 6) is 0.239. The molecule has 2 amide bonds. The van der Waals surface area contributed by atoms with Crippen molar-refractivity contribution >= 4 is 23.4 Å². The van der Waals surface area contributed by atoms with E-state index in [1.807, 2.05) is 20.8 Å². The molecule has 1 aromatic carbocycles. The molecule has 2 bridgehead atoms. The Morgan fingerprint density at radius 2 is 1.82 bits per heavy atom. The van der Waals surface area contributed by atoms with Crippen LogP contribution >= 0.6 is 11.6 Å². The molecule has 0 aliphatic carbocycles. The molecular weight excluding hydrogens is 378 g/mol. The zero-order chi connectivity index (χ0) is 20.5. The number of carbonyl (C=O) groups is 2. The molecule has 1 unspecified atom stereocenters. The maximum absolute atomic E-state index is 12.4. The summed E-state index contributed by atoms with van der Waals surface area (Å²) in [6.07, 6.45) is 4.20. The Hall–Kier alpha value is -1.79. The maximum Gasteiger partial charge on any atom is 0.251 e. The highest BCUT2D eigenvalue weighted by Crippen LogP contribution is 2.38. The minimum atomic E-state index is -0.225. The van der Waals surface area contributed by atoms with E-state index in [0.717, 1.165) is 25.7 Å². The van der Waals surface area contributed by atoms with Gasteiger partial charge in [-0.15, -0.1) is 0 Å². The molecule has 0 aromatic heterocycles. The lowest BCUT2D eigenvalue weighted by Gasteiger charge is -2.39. The van der Waals surface area contributed by atoms with Crippen LogP contribution in [0, 0.1) is 5.92 Å². The average Bonchev–Trinajstić information content (AvgIpc) is 2.79. The largest absolute Gasteiger partial charge is 0.508 e. The summed E-state index contributed by atoms with van der Waals surface area (Å²) in [5, 5.41) is 16.0. The Morgan fingerprint density at radius 3 is 2.39 bits per heavy atom. The van der Waals surface area contributed by atoms with Crippen molar-refractivity contribution in [1.29, 1.82) is 0 Å². The Bertz CT molecular complexity index is 713. The van der Waals surface area contributed by atoms with Gasteiger partial charge in [0.1, 0.15) is 5.75 Å². The summed E-state index contributed by atoms with van der Waals surface area (Å²) in [6, 6.07) is 5.18. The molecule has 2 heterocycles. The number of phenols is 1. The monoisotopic (exact) mass is 407 g/mol. The highest BCUT2D eigenvalue weighted by Gasteiger charge is 2.41. The molecule has 28 heavy (non-hydrogen) atoms. The molecule has 6 nitrogen and oxygen atoms in total. The SMILES string of the molecule is CC(C)(C)NC(=O)CN1[C@@H]2CC[C@H]1CC(CNC(=O)c1cc(O)cc(Cl)c1)C2. The lowest BCUT2D eigenvalue weighted by Crippen LogP contribution is -2.52. The van der Waals surface area contributed by atoms with E-state index in [2.05, 4.69) is 15.5 Å². The molecule has 2 aliphatic heterocycles. The number of hydrogen-bond donors (Lipinski definition) is 3. The van der Waals surface area contributed by atoms with Gasteiger partial charge in [-0.25, -0.2) is 0 Å². The molecule has 154 valence electrons. The number of benzene rings is 1. The molecule has 7 heteroatoms. The first-order valence-corrected chi connectivity index (χ1v) is 10.3. The van der Waals surface area contributed by atoms with Crippen LogP contribution in [0.1, 0.15) is 56.8 Å². The molecule has 2 aliphatic rings. The minimum absolute atomic E-state index is 0.0162. The topological polar surface area (TPSA) is 81.7 Å². The fourth-order valence-corrected chi connectivity index (χ4v) is 4.71. The van der Waals surface area contributed by atoms with Crippen LogP contribution in [-0.4, -0.2) is 52.5 Å². The van der Waals surface area contributed by atoms with E-state index >= 15 is 0 Å². The third kappa shape index (κ3) is 5.39. The molecule has 2 fully saturated rings. The second kappa shape index (κ2) is 8.29. The number of nitrogens with one attached hydrogen (secondary N) is 2. The molecule has 0 radical (unpaired) electrons. The van der Waals surface area contributed by atoms with Gasteiger partial charge < -0.3 is 15.7 Å². The van der Waals surface area contributed by atoms with Crippen LogP contribution in [0.15, 0.2) is 18.2 Å². The molecule has 3 N–H and O–H groups in total. The first kappa shape index (κ1) is 20.9. The summed E-state index contributed by atoms with van der Waals surface area (Å²) in [7, 11) is 0. The fraction of sp³-hybridized carbons (Fsp3) is 0.619. The van der Waals surface area contributed by atoms with Crippen LogP contribution in [0.25, 0.3) is 0 Å². The Labute approximate surface area is 171 Å². The minimum Gasteiger partial charge on any atom is -0.508 e. The number of phenolic OH excluding ortho intramolecular Hbond substituents is 1. The second-order valence-corrected chi connectivity index (χ2v) is 9.54. The quantitative estimate of drug-likeness (QED) is 0.700. The molecule has 2 saturated heterocycles. The predicted molar refractivity (Wildman–Crippen MR) is 110 cm³/mol. The van der Waals surface area contributed by atoms with Crippen molar-refractivity contribution in [2.45, 2.75) is 64.1 Å². The van der Waals surface area contributed by atoms with Gasteiger partial charge in [0.25, 0.3) is 5.91 Å². The van der Waals surface area contributed by atoms with E-state index in [-0.39, 0.29) is 23.1 Å². The van der Waals surface area contributed by atoms with Gasteiger partial charge in [0, 0.05) is 34.8 Å². The smallest absolute Gasteiger partial charge is 0.251 e. The van der Waals surface area contributed by atoms with Gasteiger partial charge in [-0.3, -0.25) is 14.5 Å². The van der Waals surface area contributed by atoms with Crippen molar-refractivity contribution in [3.05, 3.63) is 28.8 Å². The summed E-state index contributed by atoms with van der Waals surface area (Å²) >= 11 is 5.91. The lowest BCUT2D eigenvalue weighted by molar-refractivity contribution is -0.125. The van der Waals surface area contributed by atoms with Crippen LogP contribution in [0.2, 0.25) is 5.02 Å². The molecule has 3 rings (SSSR count). The number of piperidine rings is 1. The molecule has 1 aromatic rings. The molecule has 0 spiro atoms. The number of hydrogen-bond acceptors (Lipinski definition) is 4. The van der Waals surface area contributed by atoms with Gasteiger partial charge in [0.05, 0.1) is 6.54 Å². The van der Waals surface area contributed by atoms with Gasteiger partial charge in [0.2, 0.25) is 5.91 Å². The van der Waals surface area contributed by atoms with Crippen LogP contribution < -0.4 is 10.6 Å². The number of fused-ring (bicyclic) bond motifs is 2. The van der Waals surface area contributed by atoms with Gasteiger partial charge in [0.15, 0.2) is 0 Å². The summed E-state index contributed by atoms with van der Waals surface area (Å²) < 4.78 is 0. The summed E-state index contributed by atoms with van der Waals surface area (Å²) in [6.45, 7) is 7.03. The van der Waals surface area contributed by atoms with Crippen LogP contribution in [0.4, 0.5) is 0 Å². The highest BCUT2D eigenvalue weighted by molar-refractivity contribution is 6.31. The summed E-state index contributed by atoms with van der Waals surface area (Å²) in [4.78, 5) is 27.0. The normalized spacial score (nSPS) is 24.8. The first-order chi connectivity index (χ1) is 13.1. The van der Waals surface area contributed by atoms with Crippen molar-refractivity contribution in [3.8, 4) is 5.75 Å². The second-order valence-electron chi connectivity index (χ2n) is 9.10. The zero-order valence-corrected chi connectivity index (χ0v) is 17.6. The van der Waals surface area contributed by atoms with E-state index in [4.69, 9.17) is 11.6 Å². The fourth-order valence-electron chi connectivity index (χ4n) is 4.48. The number of nitrogens with zero attached hydrogens (tertiary/aromatic N) is 1. The number of rotatable bonds is 5. The van der Waals surface area contributed by atoms with Crippen LogP contribution in [-0.2, 0) is 4.79 Å². The van der Waals surface area contributed by atoms with E-state index < -0.39 is 0 Å². The van der Waals surface area contributed by atoms with Crippen molar-refractivity contribution in [2.75, 3.05) is 13.1 Å². The standard InChI is InChI=1S/C21H30ClN3O3/c1-21(2,3)24-19(27)12-25-16-4-5-17(25)7-13(6-16)11-23-20(28)14-8-15(22)10-18(26)9-14/h8-10,13,16-17,26H,4-7,11-12H2,1-3H3,(H,23,28)(H,24,27)/t13?,16-,17+. The number of halogens is 1. The molecule has 0 saturated carbocycles. The van der Waals surface area contributed by atoms with Gasteiger partial charge in [-0.05, 0) is 70.6 Å². The van der Waals surface area contributed by atoms with Crippen molar-refractivity contribution in [2.24, 2.45) is 5.92 Å².